The molecule has 0 radical (unpaired) electrons. The Morgan fingerprint density at radius 3 is 2.88 bits per heavy atom. The minimum atomic E-state index is -0.445. The number of benzene rings is 1. The minimum absolute atomic E-state index is 0.0836. The maximum absolute atomic E-state index is 11.0. The van der Waals surface area contributed by atoms with Crippen molar-refractivity contribution < 1.29 is 4.79 Å². The van der Waals surface area contributed by atoms with E-state index in [4.69, 9.17) is 22.6 Å². The third kappa shape index (κ3) is 5.07. The van der Waals surface area contributed by atoms with Crippen molar-refractivity contribution >= 4 is 23.3 Å². The van der Waals surface area contributed by atoms with E-state index in [1.165, 1.54) is 0 Å². The molecular formula is C17H16ClN5O. The van der Waals surface area contributed by atoms with Crippen LogP contribution in [0.3, 0.4) is 0 Å². The van der Waals surface area contributed by atoms with E-state index in [9.17, 15) is 4.79 Å². The van der Waals surface area contributed by atoms with Gasteiger partial charge >= 0.3 is 0 Å². The molecule has 0 saturated heterocycles. The molecule has 0 aliphatic carbocycles. The van der Waals surface area contributed by atoms with Gasteiger partial charge in [0.05, 0.1) is 6.42 Å². The first-order valence-corrected chi connectivity index (χ1v) is 7.63. The molecule has 0 bridgehead atoms. The van der Waals surface area contributed by atoms with Gasteiger partial charge in [-0.25, -0.2) is 0 Å². The monoisotopic (exact) mass is 341 g/mol. The second kappa shape index (κ2) is 8.65. The number of aromatic nitrogens is 1. The lowest BCUT2D eigenvalue weighted by atomic mass is 10.1. The van der Waals surface area contributed by atoms with Crippen molar-refractivity contribution in [3.05, 3.63) is 64.4 Å². The van der Waals surface area contributed by atoms with Crippen LogP contribution in [0.15, 0.2) is 47.7 Å². The lowest BCUT2D eigenvalue weighted by Crippen LogP contribution is -2.21. The van der Waals surface area contributed by atoms with Gasteiger partial charge in [-0.2, -0.15) is 5.26 Å². The summed E-state index contributed by atoms with van der Waals surface area (Å²) in [6.07, 6.45) is 5.72. The van der Waals surface area contributed by atoms with E-state index in [-0.39, 0.29) is 6.42 Å². The molecule has 6 nitrogen and oxygen atoms in total. The first-order valence-electron chi connectivity index (χ1n) is 7.25. The summed E-state index contributed by atoms with van der Waals surface area (Å²) >= 11 is 6.12. The number of amides is 1. The van der Waals surface area contributed by atoms with Crippen LogP contribution in [0, 0.1) is 11.5 Å². The number of hydrogen-bond donors (Lipinski definition) is 2. The van der Waals surface area contributed by atoms with Gasteiger partial charge in [-0.1, -0.05) is 29.8 Å². The SMILES string of the molecule is N#CNC(=NCCc1ccccc1Cl)c1cncc(CC(N)=O)c1. The molecule has 1 heterocycles. The average Bonchev–Trinajstić information content (AvgIpc) is 2.55. The zero-order valence-electron chi connectivity index (χ0n) is 12.9. The molecule has 1 amide bonds. The molecule has 3 N–H and O–H groups in total. The van der Waals surface area contributed by atoms with Gasteiger partial charge in [-0.05, 0) is 29.7 Å². The van der Waals surface area contributed by atoms with Gasteiger partial charge in [0.15, 0.2) is 6.19 Å². The molecule has 2 aromatic rings. The Balaban J connectivity index is 2.15. The summed E-state index contributed by atoms with van der Waals surface area (Å²) in [6, 6.07) is 9.28. The maximum atomic E-state index is 11.0. The number of carbonyl (C=O) groups is 1. The zero-order valence-corrected chi connectivity index (χ0v) is 13.6. The average molecular weight is 342 g/mol. The van der Waals surface area contributed by atoms with Gasteiger partial charge in [0.2, 0.25) is 5.91 Å². The van der Waals surface area contributed by atoms with E-state index >= 15 is 0 Å². The van der Waals surface area contributed by atoms with E-state index < -0.39 is 5.91 Å². The predicted molar refractivity (Wildman–Crippen MR) is 92.4 cm³/mol. The summed E-state index contributed by atoms with van der Waals surface area (Å²) in [7, 11) is 0. The van der Waals surface area contributed by atoms with E-state index in [2.05, 4.69) is 15.3 Å². The lowest BCUT2D eigenvalue weighted by Gasteiger charge is -2.07. The molecule has 0 spiro atoms. The van der Waals surface area contributed by atoms with Crippen molar-refractivity contribution in [2.45, 2.75) is 12.8 Å². The topological polar surface area (TPSA) is 104 Å². The molecule has 0 aliphatic rings. The second-order valence-corrected chi connectivity index (χ2v) is 5.44. The maximum Gasteiger partial charge on any atom is 0.221 e. The standard InChI is InChI=1S/C17H16ClN5O/c18-15-4-2-1-3-13(15)5-6-22-17(23-11-19)14-7-12(8-16(20)24)9-21-10-14/h1-4,7,9-10H,5-6,8H2,(H2,20,24)(H,22,23). The number of nitrogens with two attached hydrogens (primary N) is 1. The Morgan fingerprint density at radius 2 is 2.17 bits per heavy atom. The Labute approximate surface area is 145 Å². The fraction of sp³-hybridized carbons (Fsp3) is 0.176. The van der Waals surface area contributed by atoms with Crippen LogP contribution in [0.25, 0.3) is 0 Å². The molecule has 0 atom stereocenters. The van der Waals surface area contributed by atoms with Crippen molar-refractivity contribution in [1.82, 2.24) is 10.3 Å². The third-order valence-electron chi connectivity index (χ3n) is 3.23. The van der Waals surface area contributed by atoms with E-state index in [1.54, 1.807) is 18.5 Å². The number of aliphatic imine (C=N–C) groups is 1. The number of nitriles is 1. The molecule has 24 heavy (non-hydrogen) atoms. The fourth-order valence-corrected chi connectivity index (χ4v) is 2.39. The first kappa shape index (κ1) is 17.4. The fourth-order valence-electron chi connectivity index (χ4n) is 2.16. The number of nitrogens with one attached hydrogen (secondary N) is 1. The van der Waals surface area contributed by atoms with Crippen LogP contribution in [0.5, 0.6) is 0 Å². The number of rotatable bonds is 6. The Morgan fingerprint density at radius 1 is 1.38 bits per heavy atom. The summed E-state index contributed by atoms with van der Waals surface area (Å²) in [6.45, 7) is 0.452. The molecule has 122 valence electrons. The molecule has 0 saturated carbocycles. The van der Waals surface area contributed by atoms with Crippen LogP contribution < -0.4 is 11.1 Å². The molecule has 0 fully saturated rings. The second-order valence-electron chi connectivity index (χ2n) is 5.03. The molecule has 2 rings (SSSR count). The van der Waals surface area contributed by atoms with Crippen LogP contribution in [0.4, 0.5) is 0 Å². The van der Waals surface area contributed by atoms with E-state index in [0.29, 0.717) is 35.0 Å². The first-order chi connectivity index (χ1) is 11.6. The number of amidine groups is 1. The van der Waals surface area contributed by atoms with E-state index in [0.717, 1.165) is 5.56 Å². The van der Waals surface area contributed by atoms with Crippen molar-refractivity contribution in [2.24, 2.45) is 10.7 Å². The van der Waals surface area contributed by atoms with Gasteiger partial charge in [-0.3, -0.25) is 20.1 Å². The summed E-state index contributed by atoms with van der Waals surface area (Å²) in [5.74, 6) is -0.0530. The van der Waals surface area contributed by atoms with Crippen molar-refractivity contribution in [3.8, 4) is 6.19 Å². The zero-order chi connectivity index (χ0) is 17.4. The van der Waals surface area contributed by atoms with Gasteiger partial charge in [0, 0.05) is 29.5 Å². The smallest absolute Gasteiger partial charge is 0.221 e. The minimum Gasteiger partial charge on any atom is -0.369 e. The summed E-state index contributed by atoms with van der Waals surface area (Å²) in [4.78, 5) is 19.5. The Bertz CT molecular complexity index is 798. The summed E-state index contributed by atoms with van der Waals surface area (Å²) < 4.78 is 0. The number of pyridine rings is 1. The molecular weight excluding hydrogens is 326 g/mol. The van der Waals surface area contributed by atoms with Crippen LogP contribution in [-0.2, 0) is 17.6 Å². The summed E-state index contributed by atoms with van der Waals surface area (Å²) in [5.41, 5.74) is 7.46. The predicted octanol–water partition coefficient (Wildman–Crippen LogP) is 1.82. The van der Waals surface area contributed by atoms with Crippen LogP contribution in [0.2, 0.25) is 5.02 Å². The highest BCUT2D eigenvalue weighted by Gasteiger charge is 2.07. The Hall–Kier alpha value is -2.91. The number of nitrogens with zero attached hydrogens (tertiary/aromatic N) is 3. The van der Waals surface area contributed by atoms with Gasteiger partial charge < -0.3 is 5.73 Å². The molecule has 0 unspecified atom stereocenters. The summed E-state index contributed by atoms with van der Waals surface area (Å²) in [5, 5.41) is 12.1. The normalized spacial score (nSPS) is 10.9. The number of primary amides is 1. The molecule has 0 aliphatic heterocycles. The number of carbonyl (C=O) groups excluding carboxylic acids is 1. The van der Waals surface area contributed by atoms with Crippen molar-refractivity contribution in [2.75, 3.05) is 6.54 Å². The highest BCUT2D eigenvalue weighted by molar-refractivity contribution is 6.31. The van der Waals surface area contributed by atoms with E-state index in [1.807, 2.05) is 30.5 Å². The number of halogens is 1. The molecule has 1 aromatic carbocycles. The third-order valence-corrected chi connectivity index (χ3v) is 3.60. The Kier molecular flexibility index (Phi) is 6.29. The van der Waals surface area contributed by atoms with Gasteiger partial charge in [-0.15, -0.1) is 0 Å². The highest BCUT2D eigenvalue weighted by Crippen LogP contribution is 2.15. The van der Waals surface area contributed by atoms with Gasteiger partial charge in [0.25, 0.3) is 0 Å². The molecule has 7 heteroatoms. The van der Waals surface area contributed by atoms with Crippen LogP contribution in [0.1, 0.15) is 16.7 Å². The van der Waals surface area contributed by atoms with Crippen molar-refractivity contribution in [1.29, 1.82) is 5.26 Å². The van der Waals surface area contributed by atoms with Gasteiger partial charge in [0.1, 0.15) is 5.84 Å². The van der Waals surface area contributed by atoms with Crippen molar-refractivity contribution in [3.63, 3.8) is 0 Å². The van der Waals surface area contributed by atoms with Crippen LogP contribution in [-0.4, -0.2) is 23.3 Å². The quantitative estimate of drug-likeness (QED) is 0.362. The number of hydrogen-bond acceptors (Lipinski definition) is 4. The lowest BCUT2D eigenvalue weighted by molar-refractivity contribution is -0.117. The molecule has 1 aromatic heterocycles. The highest BCUT2D eigenvalue weighted by atomic mass is 35.5. The van der Waals surface area contributed by atoms with Crippen LogP contribution >= 0.6 is 11.6 Å². The largest absolute Gasteiger partial charge is 0.369 e.